The van der Waals surface area contributed by atoms with E-state index in [0.717, 1.165) is 22.6 Å². The van der Waals surface area contributed by atoms with Crippen LogP contribution in [-0.2, 0) is 0 Å². The predicted octanol–water partition coefficient (Wildman–Crippen LogP) is 15.8. The minimum atomic E-state index is 1.09. The van der Waals surface area contributed by atoms with Gasteiger partial charge in [0.15, 0.2) is 0 Å². The highest BCUT2D eigenvalue weighted by atomic mass is 15.1. The van der Waals surface area contributed by atoms with Gasteiger partial charge in [-0.25, -0.2) is 0 Å². The van der Waals surface area contributed by atoms with Crippen LogP contribution in [0, 0.1) is 0 Å². The number of fused-ring (bicyclic) bond motifs is 2. The Morgan fingerprint density at radius 3 is 1.56 bits per heavy atom. The zero-order chi connectivity index (χ0) is 38.0. The first-order valence-corrected chi connectivity index (χ1v) is 19.6. The first-order valence-electron chi connectivity index (χ1n) is 19.6. The van der Waals surface area contributed by atoms with Crippen LogP contribution in [0.15, 0.2) is 237 Å². The van der Waals surface area contributed by atoms with Crippen LogP contribution in [0.2, 0.25) is 0 Å². The first kappa shape index (κ1) is 34.0. The average molecular weight is 726 g/mol. The molecule has 10 aromatic rings. The fourth-order valence-electron chi connectivity index (χ4n) is 8.16. The zero-order valence-corrected chi connectivity index (χ0v) is 31.5. The molecule has 0 atom stereocenters. The summed E-state index contributed by atoms with van der Waals surface area (Å²) < 4.78 is 0. The van der Waals surface area contributed by atoms with Crippen LogP contribution in [0.5, 0.6) is 0 Å². The molecule has 0 N–H and O–H groups in total. The number of benzene rings is 10. The number of hydrogen-bond acceptors (Lipinski definition) is 1. The molecule has 0 spiro atoms. The lowest BCUT2D eigenvalue weighted by Gasteiger charge is -2.29. The molecule has 0 saturated carbocycles. The summed E-state index contributed by atoms with van der Waals surface area (Å²) in [5.41, 5.74) is 15.2. The molecular weight excluding hydrogens is 687 g/mol. The summed E-state index contributed by atoms with van der Waals surface area (Å²) in [6.45, 7) is 0. The van der Waals surface area contributed by atoms with Crippen molar-refractivity contribution < 1.29 is 0 Å². The van der Waals surface area contributed by atoms with Crippen molar-refractivity contribution in [2.75, 3.05) is 4.90 Å². The van der Waals surface area contributed by atoms with Crippen molar-refractivity contribution in [1.82, 2.24) is 0 Å². The van der Waals surface area contributed by atoms with Gasteiger partial charge in [-0.2, -0.15) is 0 Å². The molecule has 0 aromatic heterocycles. The Morgan fingerprint density at radius 1 is 0.228 bits per heavy atom. The van der Waals surface area contributed by atoms with E-state index in [1.165, 1.54) is 71.6 Å². The van der Waals surface area contributed by atoms with E-state index in [9.17, 15) is 0 Å². The molecule has 1 heteroatoms. The van der Waals surface area contributed by atoms with Gasteiger partial charge in [0.1, 0.15) is 0 Å². The molecule has 10 rings (SSSR count). The van der Waals surface area contributed by atoms with E-state index in [4.69, 9.17) is 0 Å². The Kier molecular flexibility index (Phi) is 8.95. The quantitative estimate of drug-likeness (QED) is 0.151. The summed E-state index contributed by atoms with van der Waals surface area (Å²) >= 11 is 0. The van der Waals surface area contributed by atoms with Crippen molar-refractivity contribution >= 4 is 38.6 Å². The SMILES string of the molecule is c1ccc(-c2cccc(N(c3ccc(-c4cccc(-c5cccc6ccccc56)c4)cc3)c3cc(-c4ccc5ccccc5c4)ccc3-c3ccccc3)c2)cc1. The van der Waals surface area contributed by atoms with Crippen molar-refractivity contribution in [3.8, 4) is 55.6 Å². The third kappa shape index (κ3) is 6.77. The Balaban J connectivity index is 1.13. The van der Waals surface area contributed by atoms with Gasteiger partial charge in [0.2, 0.25) is 0 Å². The highest BCUT2D eigenvalue weighted by molar-refractivity contribution is 5.98. The van der Waals surface area contributed by atoms with Crippen molar-refractivity contribution in [2.24, 2.45) is 0 Å². The minimum absolute atomic E-state index is 1.09. The smallest absolute Gasteiger partial charge is 0.0546 e. The summed E-state index contributed by atoms with van der Waals surface area (Å²) in [5, 5.41) is 4.99. The van der Waals surface area contributed by atoms with Gasteiger partial charge in [-0.05, 0) is 114 Å². The Hall–Kier alpha value is -7.48. The summed E-state index contributed by atoms with van der Waals surface area (Å²) in [6.07, 6.45) is 0. The van der Waals surface area contributed by atoms with Crippen LogP contribution < -0.4 is 4.90 Å². The second-order valence-corrected chi connectivity index (χ2v) is 14.6. The molecule has 1 nitrogen and oxygen atoms in total. The lowest BCUT2D eigenvalue weighted by Crippen LogP contribution is -2.11. The molecule has 0 bridgehead atoms. The molecule has 57 heavy (non-hydrogen) atoms. The summed E-state index contributed by atoms with van der Waals surface area (Å²) in [6, 6.07) is 85.8. The van der Waals surface area contributed by atoms with Crippen molar-refractivity contribution in [3.63, 3.8) is 0 Å². The fraction of sp³-hybridized carbons (Fsp3) is 0. The van der Waals surface area contributed by atoms with Crippen LogP contribution >= 0.6 is 0 Å². The maximum atomic E-state index is 2.43. The number of nitrogens with zero attached hydrogens (tertiary/aromatic N) is 1. The van der Waals surface area contributed by atoms with Gasteiger partial charge < -0.3 is 4.90 Å². The third-order valence-corrected chi connectivity index (χ3v) is 11.0. The summed E-state index contributed by atoms with van der Waals surface area (Å²) in [4.78, 5) is 2.43. The second kappa shape index (κ2) is 15.0. The maximum Gasteiger partial charge on any atom is 0.0546 e. The normalized spacial score (nSPS) is 11.2. The molecule has 0 radical (unpaired) electrons. The number of rotatable bonds is 8. The van der Waals surface area contributed by atoms with E-state index in [0.29, 0.717) is 0 Å². The summed E-state index contributed by atoms with van der Waals surface area (Å²) in [7, 11) is 0. The zero-order valence-electron chi connectivity index (χ0n) is 31.5. The lowest BCUT2D eigenvalue weighted by atomic mass is 9.94. The average Bonchev–Trinajstić information content (AvgIpc) is 3.30. The Morgan fingerprint density at radius 2 is 0.754 bits per heavy atom. The van der Waals surface area contributed by atoms with Gasteiger partial charge in [-0.3, -0.25) is 0 Å². The molecule has 0 aliphatic carbocycles. The molecular formula is C56H39N. The molecule has 268 valence electrons. The fourth-order valence-corrected chi connectivity index (χ4v) is 8.16. The molecule has 0 unspecified atom stereocenters. The molecule has 10 aromatic carbocycles. The van der Waals surface area contributed by atoms with Crippen LogP contribution in [-0.4, -0.2) is 0 Å². The van der Waals surface area contributed by atoms with E-state index in [1.54, 1.807) is 0 Å². The molecule has 0 amide bonds. The van der Waals surface area contributed by atoms with Crippen LogP contribution in [0.4, 0.5) is 17.1 Å². The van der Waals surface area contributed by atoms with Crippen LogP contribution in [0.3, 0.4) is 0 Å². The van der Waals surface area contributed by atoms with Gasteiger partial charge in [-0.15, -0.1) is 0 Å². The molecule has 0 aliphatic heterocycles. The maximum absolute atomic E-state index is 2.43. The second-order valence-electron chi connectivity index (χ2n) is 14.6. The van der Waals surface area contributed by atoms with Gasteiger partial charge in [0, 0.05) is 16.9 Å². The number of anilines is 3. The highest BCUT2D eigenvalue weighted by Crippen LogP contribution is 2.44. The predicted molar refractivity (Wildman–Crippen MR) is 243 cm³/mol. The van der Waals surface area contributed by atoms with E-state index < -0.39 is 0 Å². The molecule has 0 fully saturated rings. The highest BCUT2D eigenvalue weighted by Gasteiger charge is 2.20. The monoisotopic (exact) mass is 725 g/mol. The van der Waals surface area contributed by atoms with Gasteiger partial charge in [0.25, 0.3) is 0 Å². The van der Waals surface area contributed by atoms with Crippen molar-refractivity contribution in [2.45, 2.75) is 0 Å². The van der Waals surface area contributed by atoms with Gasteiger partial charge >= 0.3 is 0 Å². The van der Waals surface area contributed by atoms with E-state index in [2.05, 4.69) is 241 Å². The van der Waals surface area contributed by atoms with Gasteiger partial charge in [-0.1, -0.05) is 194 Å². The third-order valence-electron chi connectivity index (χ3n) is 11.0. The van der Waals surface area contributed by atoms with Gasteiger partial charge in [0.05, 0.1) is 5.69 Å². The number of hydrogen-bond donors (Lipinski definition) is 0. The standard InChI is InChI=1S/C56H39N/c1-3-14-40(15-4-1)47-23-12-25-52(38-47)57(51-33-30-42(31-34-51)46-22-11-24-50(37-46)54-27-13-21-43-19-9-10-26-53(43)54)56-39-49(32-35-55(56)44-17-5-2-6-18-44)48-29-28-41-16-7-8-20-45(41)36-48/h1-39H. The lowest BCUT2D eigenvalue weighted by molar-refractivity contribution is 1.28. The molecule has 0 heterocycles. The van der Waals surface area contributed by atoms with E-state index in [-0.39, 0.29) is 0 Å². The molecule has 0 saturated heterocycles. The van der Waals surface area contributed by atoms with Crippen molar-refractivity contribution in [3.05, 3.63) is 237 Å². The first-order chi connectivity index (χ1) is 28.2. The Bertz CT molecular complexity index is 2990. The minimum Gasteiger partial charge on any atom is -0.310 e. The van der Waals surface area contributed by atoms with Crippen molar-refractivity contribution in [1.29, 1.82) is 0 Å². The van der Waals surface area contributed by atoms with E-state index in [1.807, 2.05) is 0 Å². The molecule has 0 aliphatic rings. The Labute approximate surface area is 334 Å². The largest absolute Gasteiger partial charge is 0.310 e. The topological polar surface area (TPSA) is 3.24 Å². The van der Waals surface area contributed by atoms with Crippen LogP contribution in [0.1, 0.15) is 0 Å². The summed E-state index contributed by atoms with van der Waals surface area (Å²) in [5.74, 6) is 0. The van der Waals surface area contributed by atoms with Crippen LogP contribution in [0.25, 0.3) is 77.2 Å². The van der Waals surface area contributed by atoms with E-state index >= 15 is 0 Å².